The van der Waals surface area contributed by atoms with Crippen molar-refractivity contribution in [3.63, 3.8) is 0 Å². The van der Waals surface area contributed by atoms with Crippen molar-refractivity contribution in [2.24, 2.45) is 10.9 Å². The zero-order chi connectivity index (χ0) is 21.3. The Morgan fingerprint density at radius 2 is 1.97 bits per heavy atom. The summed E-state index contributed by atoms with van der Waals surface area (Å²) in [4.78, 5) is 6.69. The first-order chi connectivity index (χ1) is 14.6. The molecule has 7 heteroatoms. The first-order valence-corrected chi connectivity index (χ1v) is 11.0. The van der Waals surface area contributed by atoms with Crippen LogP contribution in [0, 0.1) is 11.7 Å². The number of hydrogen-bond acceptors (Lipinski definition) is 4. The molecule has 1 aliphatic rings. The molecule has 0 aliphatic carbocycles. The largest absolute Gasteiger partial charge is 0.361 e. The van der Waals surface area contributed by atoms with Gasteiger partial charge in [0, 0.05) is 44.2 Å². The van der Waals surface area contributed by atoms with Gasteiger partial charge in [-0.3, -0.25) is 9.89 Å². The summed E-state index contributed by atoms with van der Waals surface area (Å²) in [7, 11) is 1.79. The van der Waals surface area contributed by atoms with Crippen molar-refractivity contribution < 1.29 is 8.91 Å². The van der Waals surface area contributed by atoms with Gasteiger partial charge in [0.25, 0.3) is 0 Å². The molecule has 0 spiro atoms. The summed E-state index contributed by atoms with van der Waals surface area (Å²) in [5, 5.41) is 11.0. The van der Waals surface area contributed by atoms with Crippen LogP contribution in [0.15, 0.2) is 33.8 Å². The third-order valence-corrected chi connectivity index (χ3v) is 5.88. The summed E-state index contributed by atoms with van der Waals surface area (Å²) in [6, 6.07) is 7.06. The molecule has 6 nitrogen and oxygen atoms in total. The Morgan fingerprint density at radius 1 is 1.20 bits per heavy atom. The van der Waals surface area contributed by atoms with Gasteiger partial charge in [-0.25, -0.2) is 4.39 Å². The second-order valence-electron chi connectivity index (χ2n) is 7.86. The van der Waals surface area contributed by atoms with E-state index in [1.165, 1.54) is 6.07 Å². The molecule has 1 fully saturated rings. The van der Waals surface area contributed by atoms with Crippen molar-refractivity contribution in [1.82, 2.24) is 20.7 Å². The lowest BCUT2D eigenvalue weighted by molar-refractivity contribution is 0.176. The van der Waals surface area contributed by atoms with E-state index in [9.17, 15) is 4.39 Å². The van der Waals surface area contributed by atoms with Crippen molar-refractivity contribution in [2.75, 3.05) is 26.7 Å². The maximum atomic E-state index is 13.9. The number of likely N-dealkylation sites (tertiary alicyclic amines) is 1. The molecule has 0 bridgehead atoms. The van der Waals surface area contributed by atoms with E-state index >= 15 is 0 Å². The van der Waals surface area contributed by atoms with E-state index in [4.69, 9.17) is 4.52 Å². The fourth-order valence-corrected chi connectivity index (χ4v) is 3.99. The first-order valence-electron chi connectivity index (χ1n) is 11.0. The summed E-state index contributed by atoms with van der Waals surface area (Å²) in [6.07, 6.45) is 3.90. The Labute approximate surface area is 178 Å². The third-order valence-electron chi connectivity index (χ3n) is 5.88. The molecule has 0 unspecified atom stereocenters. The molecular weight excluding hydrogens is 381 g/mol. The highest BCUT2D eigenvalue weighted by Gasteiger charge is 2.20. The fraction of sp³-hybridized carbons (Fsp3) is 0.565. The number of benzene rings is 1. The van der Waals surface area contributed by atoms with E-state index in [1.54, 1.807) is 13.1 Å². The number of hydrogen-bond donors (Lipinski definition) is 2. The molecule has 2 N–H and O–H groups in total. The number of nitrogens with zero attached hydrogens (tertiary/aromatic N) is 3. The Morgan fingerprint density at radius 3 is 2.63 bits per heavy atom. The second kappa shape index (κ2) is 11.1. The van der Waals surface area contributed by atoms with Gasteiger partial charge in [-0.1, -0.05) is 37.2 Å². The molecule has 3 rings (SSSR count). The van der Waals surface area contributed by atoms with Gasteiger partial charge in [0.1, 0.15) is 11.6 Å². The normalized spacial score (nSPS) is 16.1. The van der Waals surface area contributed by atoms with Crippen molar-refractivity contribution in [2.45, 2.75) is 52.6 Å². The van der Waals surface area contributed by atoms with Gasteiger partial charge in [-0.2, -0.15) is 0 Å². The highest BCUT2D eigenvalue weighted by molar-refractivity contribution is 5.79. The van der Waals surface area contributed by atoms with Crippen LogP contribution in [0.2, 0.25) is 0 Å². The van der Waals surface area contributed by atoms with Crippen molar-refractivity contribution in [3.05, 3.63) is 52.7 Å². The van der Waals surface area contributed by atoms with Gasteiger partial charge < -0.3 is 15.2 Å². The molecule has 164 valence electrons. The van der Waals surface area contributed by atoms with Gasteiger partial charge in [0.05, 0.1) is 5.69 Å². The van der Waals surface area contributed by atoms with Gasteiger partial charge >= 0.3 is 0 Å². The molecule has 30 heavy (non-hydrogen) atoms. The first kappa shape index (κ1) is 22.3. The van der Waals surface area contributed by atoms with Crippen molar-refractivity contribution >= 4 is 5.96 Å². The third kappa shape index (κ3) is 5.81. The van der Waals surface area contributed by atoms with E-state index in [0.717, 1.165) is 73.9 Å². The van der Waals surface area contributed by atoms with Crippen LogP contribution in [0.5, 0.6) is 0 Å². The van der Waals surface area contributed by atoms with Crippen LogP contribution < -0.4 is 10.6 Å². The maximum Gasteiger partial charge on any atom is 0.191 e. The molecule has 1 aromatic heterocycles. The lowest BCUT2D eigenvalue weighted by atomic mass is 9.96. The highest BCUT2D eigenvalue weighted by Crippen LogP contribution is 2.19. The Balaban J connectivity index is 1.42. The summed E-state index contributed by atoms with van der Waals surface area (Å²) < 4.78 is 19.3. The van der Waals surface area contributed by atoms with Gasteiger partial charge in [-0.15, -0.1) is 0 Å². The number of aromatic nitrogens is 1. The van der Waals surface area contributed by atoms with Gasteiger partial charge in [0.15, 0.2) is 5.96 Å². The molecule has 0 atom stereocenters. The predicted octanol–water partition coefficient (Wildman–Crippen LogP) is 3.52. The van der Waals surface area contributed by atoms with E-state index < -0.39 is 0 Å². The molecule has 1 aromatic carbocycles. The van der Waals surface area contributed by atoms with Crippen molar-refractivity contribution in [1.29, 1.82) is 0 Å². The van der Waals surface area contributed by atoms with Crippen LogP contribution in [0.1, 0.15) is 49.3 Å². The van der Waals surface area contributed by atoms with E-state index in [0.29, 0.717) is 19.0 Å². The molecule has 1 saturated heterocycles. The molecule has 2 heterocycles. The van der Waals surface area contributed by atoms with Crippen LogP contribution in [0.25, 0.3) is 0 Å². The zero-order valence-electron chi connectivity index (χ0n) is 18.4. The summed E-state index contributed by atoms with van der Waals surface area (Å²) in [6.45, 7) is 8.39. The van der Waals surface area contributed by atoms with Crippen LogP contribution in [0.3, 0.4) is 0 Å². The molecular formula is C23H34FN5O. The summed E-state index contributed by atoms with van der Waals surface area (Å²) >= 11 is 0. The smallest absolute Gasteiger partial charge is 0.191 e. The van der Waals surface area contributed by atoms with E-state index in [-0.39, 0.29) is 5.82 Å². The number of rotatable bonds is 8. The summed E-state index contributed by atoms with van der Waals surface area (Å²) in [5.41, 5.74) is 2.94. The maximum absolute atomic E-state index is 13.9. The molecule has 0 saturated carbocycles. The SMILES string of the molecule is CCc1noc(CC)c1CNC(=NC)NCC1CCN(Cc2ccccc2F)CC1. The van der Waals surface area contributed by atoms with E-state index in [1.807, 2.05) is 12.1 Å². The average Bonchev–Trinajstić information content (AvgIpc) is 3.18. The van der Waals surface area contributed by atoms with Crippen LogP contribution >= 0.6 is 0 Å². The zero-order valence-corrected chi connectivity index (χ0v) is 18.4. The Kier molecular flexibility index (Phi) is 8.25. The fourth-order valence-electron chi connectivity index (χ4n) is 3.99. The van der Waals surface area contributed by atoms with Gasteiger partial charge in [0.2, 0.25) is 0 Å². The van der Waals surface area contributed by atoms with Crippen LogP contribution in [-0.4, -0.2) is 42.7 Å². The number of aryl methyl sites for hydroxylation is 2. The molecule has 0 radical (unpaired) electrons. The summed E-state index contributed by atoms with van der Waals surface area (Å²) in [5.74, 6) is 2.22. The topological polar surface area (TPSA) is 65.7 Å². The Hall–Kier alpha value is -2.41. The number of nitrogens with one attached hydrogen (secondary N) is 2. The highest BCUT2D eigenvalue weighted by atomic mass is 19.1. The van der Waals surface area contributed by atoms with Crippen LogP contribution in [-0.2, 0) is 25.9 Å². The molecule has 0 amide bonds. The number of piperidine rings is 1. The quantitative estimate of drug-likeness (QED) is 0.510. The van der Waals surface area contributed by atoms with Gasteiger partial charge in [-0.05, 0) is 44.3 Å². The van der Waals surface area contributed by atoms with Crippen molar-refractivity contribution in [3.8, 4) is 0 Å². The molecule has 1 aliphatic heterocycles. The molecule has 2 aromatic rings. The van der Waals surface area contributed by atoms with E-state index in [2.05, 4.69) is 39.5 Å². The monoisotopic (exact) mass is 415 g/mol. The average molecular weight is 416 g/mol. The number of guanidine groups is 1. The lowest BCUT2D eigenvalue weighted by Gasteiger charge is -2.32. The second-order valence-corrected chi connectivity index (χ2v) is 7.86. The number of halogens is 1. The number of aliphatic imine (C=N–C) groups is 1. The van der Waals surface area contributed by atoms with Crippen LogP contribution in [0.4, 0.5) is 4.39 Å². The predicted molar refractivity (Wildman–Crippen MR) is 118 cm³/mol. The standard InChI is InChI=1S/C23H34FN5O/c1-4-21-19(22(5-2)30-28-21)15-27-23(25-3)26-14-17-10-12-29(13-11-17)16-18-8-6-7-9-20(18)24/h6-9,17H,4-5,10-16H2,1-3H3,(H2,25,26,27). The minimum Gasteiger partial charge on any atom is -0.361 e. The Bertz CT molecular complexity index is 805. The lowest BCUT2D eigenvalue weighted by Crippen LogP contribution is -2.42. The minimum atomic E-state index is -0.110. The minimum absolute atomic E-state index is 0.110.